The van der Waals surface area contributed by atoms with Gasteiger partial charge in [0.25, 0.3) is 0 Å². The molecule has 17 heavy (non-hydrogen) atoms. The van der Waals surface area contributed by atoms with E-state index >= 15 is 0 Å². The number of amides is 2. The molecule has 0 spiro atoms. The molecule has 0 aliphatic rings. The van der Waals surface area contributed by atoms with Crippen molar-refractivity contribution in [3.05, 3.63) is 29.3 Å². The van der Waals surface area contributed by atoms with Gasteiger partial charge >= 0.3 is 11.8 Å². The Kier molecular flexibility index (Phi) is 4.69. The Morgan fingerprint density at radius 3 is 2.47 bits per heavy atom. The van der Waals surface area contributed by atoms with E-state index in [1.165, 1.54) is 0 Å². The molecule has 2 N–H and O–H groups in total. The zero-order valence-corrected chi connectivity index (χ0v) is 10.5. The quantitative estimate of drug-likeness (QED) is 0.781. The lowest BCUT2D eigenvalue weighted by molar-refractivity contribution is -0.136. The molecule has 0 aliphatic heterocycles. The van der Waals surface area contributed by atoms with Crippen LogP contribution < -0.4 is 10.6 Å². The van der Waals surface area contributed by atoms with E-state index in [9.17, 15) is 9.59 Å². The lowest BCUT2D eigenvalue weighted by Gasteiger charge is -2.12. The summed E-state index contributed by atoms with van der Waals surface area (Å²) in [6.45, 7) is 6.14. The topological polar surface area (TPSA) is 58.2 Å². The Morgan fingerprint density at radius 2 is 1.88 bits per heavy atom. The van der Waals surface area contributed by atoms with Crippen molar-refractivity contribution in [2.75, 3.05) is 11.9 Å². The Labute approximate surface area is 101 Å². The molecule has 0 aromatic heterocycles. The smallest absolute Gasteiger partial charge is 0.313 e. The van der Waals surface area contributed by atoms with E-state index in [4.69, 9.17) is 0 Å². The van der Waals surface area contributed by atoms with Crippen LogP contribution >= 0.6 is 0 Å². The molecule has 0 bridgehead atoms. The van der Waals surface area contributed by atoms with E-state index < -0.39 is 11.8 Å². The molecule has 0 aliphatic carbocycles. The van der Waals surface area contributed by atoms with E-state index in [0.29, 0.717) is 6.54 Å². The fraction of sp³-hybridized carbons (Fsp3) is 0.385. The number of para-hydroxylation sites is 1. The number of benzene rings is 1. The molecule has 0 saturated heterocycles. The van der Waals surface area contributed by atoms with Crippen molar-refractivity contribution >= 4 is 17.5 Å². The Balaban J connectivity index is 2.87. The monoisotopic (exact) mass is 234 g/mol. The van der Waals surface area contributed by atoms with Gasteiger partial charge in [-0.2, -0.15) is 0 Å². The molecule has 0 saturated carbocycles. The molecule has 1 rings (SSSR count). The van der Waals surface area contributed by atoms with Crippen LogP contribution in [0.15, 0.2) is 18.2 Å². The number of carbonyl (C=O) groups excluding carboxylic acids is 2. The number of carbonyl (C=O) groups is 2. The maximum absolute atomic E-state index is 11.6. The van der Waals surface area contributed by atoms with Crippen molar-refractivity contribution in [1.29, 1.82) is 0 Å². The molecule has 2 amide bonds. The minimum absolute atomic E-state index is 0.445. The normalized spacial score (nSPS) is 9.82. The number of likely N-dealkylation sites (N-methyl/N-ethyl adjacent to an activating group) is 1. The largest absolute Gasteiger partial charge is 0.348 e. The third kappa shape index (κ3) is 3.31. The standard InChI is InChI=1S/C13H18N2O2/c1-4-10-8-6-7-9(3)11(10)15-13(17)12(16)14-5-2/h6-8H,4-5H2,1-3H3,(H,14,16)(H,15,17). The van der Waals surface area contributed by atoms with Crippen molar-refractivity contribution in [2.45, 2.75) is 27.2 Å². The maximum atomic E-state index is 11.6. The van der Waals surface area contributed by atoms with Crippen LogP contribution in [0.4, 0.5) is 5.69 Å². The number of anilines is 1. The fourth-order valence-corrected chi connectivity index (χ4v) is 1.61. The average Bonchev–Trinajstić information content (AvgIpc) is 2.31. The summed E-state index contributed by atoms with van der Waals surface area (Å²) < 4.78 is 0. The van der Waals surface area contributed by atoms with Crippen LogP contribution in [0.2, 0.25) is 0 Å². The molecule has 1 aromatic rings. The van der Waals surface area contributed by atoms with Gasteiger partial charge in [-0.15, -0.1) is 0 Å². The molecule has 0 atom stereocenters. The molecule has 4 heteroatoms. The first-order valence-electron chi connectivity index (χ1n) is 5.77. The zero-order valence-electron chi connectivity index (χ0n) is 10.5. The fourth-order valence-electron chi connectivity index (χ4n) is 1.61. The summed E-state index contributed by atoms with van der Waals surface area (Å²) in [6.07, 6.45) is 0.812. The Morgan fingerprint density at radius 1 is 1.18 bits per heavy atom. The molecule has 0 heterocycles. The lowest BCUT2D eigenvalue weighted by Crippen LogP contribution is -2.35. The van der Waals surface area contributed by atoms with E-state index in [1.54, 1.807) is 6.92 Å². The third-order valence-electron chi connectivity index (χ3n) is 2.52. The third-order valence-corrected chi connectivity index (χ3v) is 2.52. The summed E-state index contributed by atoms with van der Waals surface area (Å²) in [4.78, 5) is 22.9. The molecule has 4 nitrogen and oxygen atoms in total. The van der Waals surface area contributed by atoms with Gasteiger partial charge in [0, 0.05) is 12.2 Å². The highest BCUT2D eigenvalue weighted by Crippen LogP contribution is 2.20. The van der Waals surface area contributed by atoms with Crippen molar-refractivity contribution in [3.63, 3.8) is 0 Å². The van der Waals surface area contributed by atoms with E-state index in [-0.39, 0.29) is 0 Å². The van der Waals surface area contributed by atoms with Crippen LogP contribution in [0, 0.1) is 6.92 Å². The molecule has 1 aromatic carbocycles. The van der Waals surface area contributed by atoms with Crippen LogP contribution in [-0.4, -0.2) is 18.4 Å². The first-order chi connectivity index (χ1) is 8.10. The second-order valence-electron chi connectivity index (χ2n) is 3.78. The highest BCUT2D eigenvalue weighted by atomic mass is 16.2. The van der Waals surface area contributed by atoms with Gasteiger partial charge in [0.15, 0.2) is 0 Å². The number of rotatable bonds is 3. The molecule has 0 radical (unpaired) electrons. The van der Waals surface area contributed by atoms with Crippen LogP contribution in [-0.2, 0) is 16.0 Å². The van der Waals surface area contributed by atoms with Gasteiger partial charge in [0.05, 0.1) is 0 Å². The lowest BCUT2D eigenvalue weighted by atomic mass is 10.1. The molecule has 92 valence electrons. The predicted molar refractivity (Wildman–Crippen MR) is 67.9 cm³/mol. The number of nitrogens with one attached hydrogen (secondary N) is 2. The Bertz CT molecular complexity index is 427. The van der Waals surface area contributed by atoms with Gasteiger partial charge in [-0.3, -0.25) is 9.59 Å². The zero-order chi connectivity index (χ0) is 12.8. The van der Waals surface area contributed by atoms with Gasteiger partial charge in [0.2, 0.25) is 0 Å². The second-order valence-corrected chi connectivity index (χ2v) is 3.78. The highest BCUT2D eigenvalue weighted by Gasteiger charge is 2.14. The first-order valence-corrected chi connectivity index (χ1v) is 5.77. The van der Waals surface area contributed by atoms with Crippen molar-refractivity contribution in [2.24, 2.45) is 0 Å². The predicted octanol–water partition coefficient (Wildman–Crippen LogP) is 1.63. The van der Waals surface area contributed by atoms with E-state index in [0.717, 1.165) is 23.2 Å². The summed E-state index contributed by atoms with van der Waals surface area (Å²) in [7, 11) is 0. The summed E-state index contributed by atoms with van der Waals surface area (Å²) in [6, 6.07) is 5.79. The molecule has 0 fully saturated rings. The minimum atomic E-state index is -0.615. The van der Waals surface area contributed by atoms with Gasteiger partial charge < -0.3 is 10.6 Å². The van der Waals surface area contributed by atoms with Crippen molar-refractivity contribution in [3.8, 4) is 0 Å². The highest BCUT2D eigenvalue weighted by molar-refractivity contribution is 6.39. The Hall–Kier alpha value is -1.84. The van der Waals surface area contributed by atoms with Crippen molar-refractivity contribution in [1.82, 2.24) is 5.32 Å². The summed E-state index contributed by atoms with van der Waals surface area (Å²) in [5, 5.41) is 5.13. The van der Waals surface area contributed by atoms with E-state index in [1.807, 2.05) is 32.0 Å². The second kappa shape index (κ2) is 6.03. The summed E-state index contributed by atoms with van der Waals surface area (Å²) in [5.41, 5.74) is 2.73. The number of hydrogen-bond acceptors (Lipinski definition) is 2. The number of aryl methyl sites for hydroxylation is 2. The SMILES string of the molecule is CCNC(=O)C(=O)Nc1c(C)cccc1CC. The average molecular weight is 234 g/mol. The summed E-state index contributed by atoms with van der Waals surface area (Å²) in [5.74, 6) is -1.21. The van der Waals surface area contributed by atoms with Crippen LogP contribution in [0.25, 0.3) is 0 Å². The molecular formula is C13H18N2O2. The van der Waals surface area contributed by atoms with Crippen LogP contribution in [0.1, 0.15) is 25.0 Å². The van der Waals surface area contributed by atoms with E-state index in [2.05, 4.69) is 10.6 Å². The van der Waals surface area contributed by atoms with Crippen LogP contribution in [0.5, 0.6) is 0 Å². The molecular weight excluding hydrogens is 216 g/mol. The molecule has 0 unspecified atom stereocenters. The van der Waals surface area contributed by atoms with Gasteiger partial charge in [-0.25, -0.2) is 0 Å². The van der Waals surface area contributed by atoms with Gasteiger partial charge in [0.1, 0.15) is 0 Å². The maximum Gasteiger partial charge on any atom is 0.313 e. The minimum Gasteiger partial charge on any atom is -0.348 e. The van der Waals surface area contributed by atoms with Crippen LogP contribution in [0.3, 0.4) is 0 Å². The summed E-state index contributed by atoms with van der Waals surface area (Å²) >= 11 is 0. The number of hydrogen-bond donors (Lipinski definition) is 2. The van der Waals surface area contributed by atoms with Crippen molar-refractivity contribution < 1.29 is 9.59 Å². The van der Waals surface area contributed by atoms with Gasteiger partial charge in [-0.05, 0) is 31.4 Å². The van der Waals surface area contributed by atoms with Gasteiger partial charge in [-0.1, -0.05) is 25.1 Å². The first kappa shape index (κ1) is 13.2.